The fourth-order valence-electron chi connectivity index (χ4n) is 1.24. The van der Waals surface area contributed by atoms with Crippen molar-refractivity contribution in [2.75, 3.05) is 18.0 Å². The van der Waals surface area contributed by atoms with Crippen LogP contribution in [0.25, 0.3) is 0 Å². The quantitative estimate of drug-likeness (QED) is 0.792. The molecule has 0 fully saturated rings. The zero-order chi connectivity index (χ0) is 12.0. The molecule has 0 aliphatic heterocycles. The molecule has 0 aliphatic carbocycles. The largest absolute Gasteiger partial charge is 0.368 e. The van der Waals surface area contributed by atoms with Crippen LogP contribution in [0.1, 0.15) is 19.8 Å². The number of hydrogen-bond donors (Lipinski definition) is 1. The van der Waals surface area contributed by atoms with Crippen molar-refractivity contribution in [3.05, 3.63) is 11.5 Å². The van der Waals surface area contributed by atoms with E-state index in [0.29, 0.717) is 12.4 Å². The summed E-state index contributed by atoms with van der Waals surface area (Å²) >= 11 is 5.63. The number of aromatic nitrogens is 3. The lowest BCUT2D eigenvalue weighted by Gasteiger charge is -2.21. The lowest BCUT2D eigenvalue weighted by molar-refractivity contribution is -0.116. The third-order valence-electron chi connectivity index (χ3n) is 1.97. The number of carbonyl (C=O) groups excluding carboxylic acids is 1. The van der Waals surface area contributed by atoms with Crippen LogP contribution in [0.4, 0.5) is 5.82 Å². The summed E-state index contributed by atoms with van der Waals surface area (Å²) in [5, 5.41) is 7.28. The Balaban J connectivity index is 2.78. The average Bonchev–Trinajstić information content (AvgIpc) is 2.23. The molecule has 1 aromatic rings. The minimum absolute atomic E-state index is 0.0588. The topological polar surface area (TPSA) is 85.0 Å². The molecule has 1 rings (SSSR count). The van der Waals surface area contributed by atoms with Gasteiger partial charge >= 0.3 is 0 Å². The van der Waals surface area contributed by atoms with Crippen LogP contribution in [-0.2, 0) is 4.79 Å². The van der Waals surface area contributed by atoms with Crippen molar-refractivity contribution in [1.82, 2.24) is 15.2 Å². The van der Waals surface area contributed by atoms with E-state index >= 15 is 0 Å². The molecule has 0 radical (unpaired) electrons. The molecular weight excluding hydrogens is 230 g/mol. The number of hydrogen-bond acceptors (Lipinski definition) is 5. The van der Waals surface area contributed by atoms with E-state index in [1.165, 1.54) is 6.20 Å². The highest BCUT2D eigenvalue weighted by molar-refractivity contribution is 6.28. The van der Waals surface area contributed by atoms with Crippen LogP contribution >= 0.6 is 11.6 Å². The highest BCUT2D eigenvalue weighted by atomic mass is 35.5. The molecule has 7 heteroatoms. The Kier molecular flexibility index (Phi) is 4.91. The number of nitrogens with two attached hydrogens (primary N) is 1. The summed E-state index contributed by atoms with van der Waals surface area (Å²) in [7, 11) is 0. The number of rotatable bonds is 6. The second-order valence-electron chi connectivity index (χ2n) is 3.33. The molecule has 16 heavy (non-hydrogen) atoms. The van der Waals surface area contributed by atoms with Gasteiger partial charge in [0.15, 0.2) is 5.82 Å². The lowest BCUT2D eigenvalue weighted by Crippen LogP contribution is -2.35. The summed E-state index contributed by atoms with van der Waals surface area (Å²) in [6, 6.07) is 0. The molecule has 2 N–H and O–H groups in total. The van der Waals surface area contributed by atoms with Crippen molar-refractivity contribution in [3.8, 4) is 0 Å². The van der Waals surface area contributed by atoms with Gasteiger partial charge in [-0.2, -0.15) is 10.1 Å². The maximum absolute atomic E-state index is 10.9. The second-order valence-corrected chi connectivity index (χ2v) is 3.66. The predicted octanol–water partition coefficient (Wildman–Crippen LogP) is 0.617. The molecule has 1 heterocycles. The van der Waals surface area contributed by atoms with E-state index < -0.39 is 5.91 Å². The van der Waals surface area contributed by atoms with E-state index in [2.05, 4.69) is 22.1 Å². The van der Waals surface area contributed by atoms with E-state index in [0.717, 1.165) is 12.8 Å². The fraction of sp³-hybridized carbons (Fsp3) is 0.556. The molecule has 1 aromatic heterocycles. The molecular formula is C9H14ClN5O. The fourth-order valence-corrected chi connectivity index (χ4v) is 1.37. The van der Waals surface area contributed by atoms with Gasteiger partial charge in [0.05, 0.1) is 12.7 Å². The maximum Gasteiger partial charge on any atom is 0.244 e. The highest BCUT2D eigenvalue weighted by Crippen LogP contribution is 2.11. The second kappa shape index (κ2) is 6.22. The third-order valence-corrected chi connectivity index (χ3v) is 2.13. The average molecular weight is 244 g/mol. The van der Waals surface area contributed by atoms with Crippen molar-refractivity contribution < 1.29 is 4.79 Å². The summed E-state index contributed by atoms with van der Waals surface area (Å²) in [5.41, 5.74) is 5.16. The molecule has 88 valence electrons. The van der Waals surface area contributed by atoms with Gasteiger partial charge in [-0.15, -0.1) is 5.10 Å². The minimum atomic E-state index is -0.411. The molecule has 0 bridgehead atoms. The first kappa shape index (κ1) is 12.6. The van der Waals surface area contributed by atoms with Crippen LogP contribution in [0.5, 0.6) is 0 Å². The van der Waals surface area contributed by atoms with Crippen LogP contribution in [-0.4, -0.2) is 34.2 Å². The summed E-state index contributed by atoms with van der Waals surface area (Å²) in [5.74, 6) is 0.109. The van der Waals surface area contributed by atoms with Crippen molar-refractivity contribution in [3.63, 3.8) is 0 Å². The number of halogens is 1. The Bertz CT molecular complexity index is 360. The van der Waals surface area contributed by atoms with Gasteiger partial charge in [-0.1, -0.05) is 13.3 Å². The van der Waals surface area contributed by atoms with Gasteiger partial charge in [0.2, 0.25) is 11.2 Å². The van der Waals surface area contributed by atoms with Gasteiger partial charge in [0, 0.05) is 6.54 Å². The SMILES string of the molecule is CCCCN(CC(N)=O)c1cnnc(Cl)n1. The molecule has 1 amide bonds. The van der Waals surface area contributed by atoms with Crippen molar-refractivity contribution >= 4 is 23.3 Å². The first-order valence-corrected chi connectivity index (χ1v) is 5.39. The standard InChI is InChI=1S/C9H14ClN5O/c1-2-3-4-15(6-7(11)16)8-5-12-14-9(10)13-8/h5H,2-4,6H2,1H3,(H2,11,16). The van der Waals surface area contributed by atoms with E-state index in [1.54, 1.807) is 4.90 Å². The molecule has 0 saturated heterocycles. The van der Waals surface area contributed by atoms with Crippen LogP contribution in [0, 0.1) is 0 Å². The van der Waals surface area contributed by atoms with Crippen molar-refractivity contribution in [1.29, 1.82) is 0 Å². The number of nitrogens with zero attached hydrogens (tertiary/aromatic N) is 4. The van der Waals surface area contributed by atoms with Crippen molar-refractivity contribution in [2.45, 2.75) is 19.8 Å². The van der Waals surface area contributed by atoms with E-state index in [-0.39, 0.29) is 11.8 Å². The Morgan fingerprint density at radius 3 is 2.94 bits per heavy atom. The van der Waals surface area contributed by atoms with Gasteiger partial charge in [-0.25, -0.2) is 0 Å². The van der Waals surface area contributed by atoms with E-state index in [4.69, 9.17) is 17.3 Å². The molecule has 0 aromatic carbocycles. The molecule has 0 atom stereocenters. The summed E-state index contributed by atoms with van der Waals surface area (Å²) in [6.07, 6.45) is 3.42. The summed E-state index contributed by atoms with van der Waals surface area (Å²) < 4.78 is 0. The van der Waals surface area contributed by atoms with Gasteiger partial charge in [-0.3, -0.25) is 4.79 Å². The van der Waals surface area contributed by atoms with Gasteiger partial charge in [0.25, 0.3) is 0 Å². The van der Waals surface area contributed by atoms with Gasteiger partial charge < -0.3 is 10.6 Å². The van der Waals surface area contributed by atoms with Gasteiger partial charge in [0.1, 0.15) is 0 Å². The Labute approximate surface area is 98.8 Å². The number of unbranched alkanes of at least 4 members (excludes halogenated alkanes) is 1. The number of primary amides is 1. The normalized spacial score (nSPS) is 10.1. The minimum Gasteiger partial charge on any atom is -0.368 e. The number of carbonyl (C=O) groups is 1. The maximum atomic E-state index is 10.9. The van der Waals surface area contributed by atoms with Crippen LogP contribution in [0.15, 0.2) is 6.20 Å². The lowest BCUT2D eigenvalue weighted by atomic mass is 10.3. The van der Waals surface area contributed by atoms with E-state index in [1.807, 2.05) is 0 Å². The predicted molar refractivity (Wildman–Crippen MR) is 61.2 cm³/mol. The third kappa shape index (κ3) is 3.98. The van der Waals surface area contributed by atoms with Gasteiger partial charge in [-0.05, 0) is 18.0 Å². The summed E-state index contributed by atoms with van der Waals surface area (Å²) in [4.78, 5) is 16.6. The zero-order valence-corrected chi connectivity index (χ0v) is 9.81. The van der Waals surface area contributed by atoms with Crippen LogP contribution in [0.2, 0.25) is 5.28 Å². The van der Waals surface area contributed by atoms with Crippen LogP contribution in [0.3, 0.4) is 0 Å². The molecule has 0 unspecified atom stereocenters. The van der Waals surface area contributed by atoms with Crippen molar-refractivity contribution in [2.24, 2.45) is 5.73 Å². The number of anilines is 1. The highest BCUT2D eigenvalue weighted by Gasteiger charge is 2.11. The summed E-state index contributed by atoms with van der Waals surface area (Å²) in [6.45, 7) is 2.86. The smallest absolute Gasteiger partial charge is 0.244 e. The van der Waals surface area contributed by atoms with E-state index in [9.17, 15) is 4.79 Å². The molecule has 0 spiro atoms. The monoisotopic (exact) mass is 243 g/mol. The first-order valence-electron chi connectivity index (χ1n) is 5.02. The Morgan fingerprint density at radius 1 is 1.62 bits per heavy atom. The molecule has 6 nitrogen and oxygen atoms in total. The Hall–Kier alpha value is -1.43. The number of amides is 1. The molecule has 0 aliphatic rings. The Morgan fingerprint density at radius 2 is 2.38 bits per heavy atom. The zero-order valence-electron chi connectivity index (χ0n) is 9.06. The molecule has 0 saturated carbocycles. The first-order chi connectivity index (χ1) is 7.63. The van der Waals surface area contributed by atoms with Crippen LogP contribution < -0.4 is 10.6 Å².